The molecule has 1 aliphatic rings. The quantitative estimate of drug-likeness (QED) is 0.798. The van der Waals surface area contributed by atoms with Gasteiger partial charge in [0.2, 0.25) is 5.91 Å². The maximum absolute atomic E-state index is 12.8. The Bertz CT molecular complexity index is 829. The number of carbonyl (C=O) groups excluding carboxylic acids is 2. The lowest BCUT2D eigenvalue weighted by Gasteiger charge is -2.40. The monoisotopic (exact) mass is 366 g/mol. The number of hydrogen-bond donors (Lipinski definition) is 2. The Morgan fingerprint density at radius 3 is 2.33 bits per heavy atom. The van der Waals surface area contributed by atoms with Gasteiger partial charge < -0.3 is 4.74 Å². The molecule has 0 heterocycles. The molecule has 0 saturated heterocycles. The highest BCUT2D eigenvalue weighted by atomic mass is 16.5. The van der Waals surface area contributed by atoms with Gasteiger partial charge in [0, 0.05) is 0 Å². The van der Waals surface area contributed by atoms with Crippen LogP contribution in [0.1, 0.15) is 42.9 Å². The van der Waals surface area contributed by atoms with Gasteiger partial charge in [0.15, 0.2) is 6.10 Å². The van der Waals surface area contributed by atoms with Crippen LogP contribution in [0.15, 0.2) is 48.5 Å². The molecule has 0 unspecified atom stereocenters. The fraction of sp³-hybridized carbons (Fsp3) is 0.364. The molecule has 5 nitrogen and oxygen atoms in total. The number of ether oxygens (including phenoxy) is 1. The van der Waals surface area contributed by atoms with Crippen molar-refractivity contribution in [2.75, 3.05) is 0 Å². The Labute approximate surface area is 160 Å². The predicted molar refractivity (Wildman–Crippen MR) is 104 cm³/mol. The van der Waals surface area contributed by atoms with Gasteiger partial charge >= 0.3 is 0 Å². The molecule has 27 heavy (non-hydrogen) atoms. The van der Waals surface area contributed by atoms with E-state index in [1.54, 1.807) is 6.92 Å². The lowest BCUT2D eigenvalue weighted by Crippen LogP contribution is -2.56. The van der Waals surface area contributed by atoms with Crippen molar-refractivity contribution in [3.63, 3.8) is 0 Å². The summed E-state index contributed by atoms with van der Waals surface area (Å²) in [6.45, 7) is 5.62. The standard InChI is InChI=1S/C22H26N2O3/c1-15-9-7-12-19(16(15)2)27-17(3)20(25)23-24-21(26)22(13-8-14-22)18-10-5-4-6-11-18/h4-7,9-12,17H,8,13-14H2,1-3H3,(H,23,25)(H,24,26)/t17-/m1/s1. The number of nitrogens with one attached hydrogen (secondary N) is 2. The molecule has 0 bridgehead atoms. The van der Waals surface area contributed by atoms with Crippen LogP contribution in [-0.4, -0.2) is 17.9 Å². The van der Waals surface area contributed by atoms with E-state index in [-0.39, 0.29) is 11.8 Å². The number of aryl methyl sites for hydroxylation is 1. The average molecular weight is 366 g/mol. The van der Waals surface area contributed by atoms with Crippen molar-refractivity contribution in [2.45, 2.75) is 51.6 Å². The third kappa shape index (κ3) is 3.82. The van der Waals surface area contributed by atoms with Crippen molar-refractivity contribution in [1.29, 1.82) is 0 Å². The first-order chi connectivity index (χ1) is 12.9. The summed E-state index contributed by atoms with van der Waals surface area (Å²) in [5, 5.41) is 0. The topological polar surface area (TPSA) is 67.4 Å². The van der Waals surface area contributed by atoms with Crippen LogP contribution in [0.5, 0.6) is 5.75 Å². The zero-order valence-corrected chi connectivity index (χ0v) is 16.0. The van der Waals surface area contributed by atoms with Crippen LogP contribution < -0.4 is 15.6 Å². The van der Waals surface area contributed by atoms with Crippen LogP contribution in [0.25, 0.3) is 0 Å². The molecule has 0 aliphatic heterocycles. The summed E-state index contributed by atoms with van der Waals surface area (Å²) in [6, 6.07) is 15.5. The second-order valence-electron chi connectivity index (χ2n) is 7.20. The Balaban J connectivity index is 1.60. The molecular weight excluding hydrogens is 340 g/mol. The fourth-order valence-corrected chi connectivity index (χ4v) is 3.37. The van der Waals surface area contributed by atoms with E-state index in [0.717, 1.165) is 36.0 Å². The van der Waals surface area contributed by atoms with Crippen molar-refractivity contribution in [2.24, 2.45) is 0 Å². The molecule has 2 amide bonds. The minimum absolute atomic E-state index is 0.174. The molecule has 3 rings (SSSR count). The van der Waals surface area contributed by atoms with Gasteiger partial charge in [0.05, 0.1) is 5.41 Å². The van der Waals surface area contributed by atoms with E-state index in [1.807, 2.05) is 62.4 Å². The summed E-state index contributed by atoms with van der Waals surface area (Å²) < 4.78 is 5.77. The summed E-state index contributed by atoms with van der Waals surface area (Å²) in [7, 11) is 0. The highest BCUT2D eigenvalue weighted by molar-refractivity contribution is 5.91. The number of benzene rings is 2. The number of carbonyl (C=O) groups is 2. The summed E-state index contributed by atoms with van der Waals surface area (Å²) >= 11 is 0. The molecule has 1 aliphatic carbocycles. The zero-order valence-electron chi connectivity index (χ0n) is 16.0. The highest BCUT2D eigenvalue weighted by Crippen LogP contribution is 2.43. The smallest absolute Gasteiger partial charge is 0.279 e. The van der Waals surface area contributed by atoms with Gasteiger partial charge in [-0.05, 0) is 56.4 Å². The average Bonchev–Trinajstić information content (AvgIpc) is 2.63. The molecule has 2 N–H and O–H groups in total. The summed E-state index contributed by atoms with van der Waals surface area (Å²) in [5.41, 5.74) is 7.65. The first-order valence-electron chi connectivity index (χ1n) is 9.33. The van der Waals surface area contributed by atoms with Crippen LogP contribution in [-0.2, 0) is 15.0 Å². The van der Waals surface area contributed by atoms with Crippen LogP contribution in [0.4, 0.5) is 0 Å². The second kappa shape index (κ2) is 7.82. The first kappa shape index (κ1) is 19.0. The van der Waals surface area contributed by atoms with Crippen molar-refractivity contribution < 1.29 is 14.3 Å². The van der Waals surface area contributed by atoms with E-state index < -0.39 is 11.5 Å². The fourth-order valence-electron chi connectivity index (χ4n) is 3.37. The molecule has 5 heteroatoms. The molecule has 0 aromatic heterocycles. The molecular formula is C22H26N2O3. The number of hydrazine groups is 1. The maximum Gasteiger partial charge on any atom is 0.279 e. The first-order valence-corrected chi connectivity index (χ1v) is 9.33. The van der Waals surface area contributed by atoms with Crippen LogP contribution >= 0.6 is 0 Å². The summed E-state index contributed by atoms with van der Waals surface area (Å²) in [6.07, 6.45) is 1.85. The van der Waals surface area contributed by atoms with Crippen LogP contribution in [0.3, 0.4) is 0 Å². The van der Waals surface area contributed by atoms with E-state index in [9.17, 15) is 9.59 Å². The van der Waals surface area contributed by atoms with E-state index >= 15 is 0 Å². The Hall–Kier alpha value is -2.82. The van der Waals surface area contributed by atoms with Crippen molar-refractivity contribution in [3.05, 3.63) is 65.2 Å². The number of amides is 2. The third-order valence-electron chi connectivity index (χ3n) is 5.50. The van der Waals surface area contributed by atoms with E-state index in [1.165, 1.54) is 0 Å². The zero-order chi connectivity index (χ0) is 19.4. The SMILES string of the molecule is Cc1cccc(O[C@H](C)C(=O)NNC(=O)C2(c3ccccc3)CCC2)c1C. The number of rotatable bonds is 5. The van der Waals surface area contributed by atoms with Crippen LogP contribution in [0, 0.1) is 13.8 Å². The Morgan fingerprint density at radius 1 is 1.00 bits per heavy atom. The molecule has 2 aromatic carbocycles. The molecule has 1 saturated carbocycles. The molecule has 0 radical (unpaired) electrons. The van der Waals surface area contributed by atoms with Crippen molar-refractivity contribution in [1.82, 2.24) is 10.9 Å². The van der Waals surface area contributed by atoms with E-state index in [4.69, 9.17) is 4.74 Å². The minimum atomic E-state index is -0.722. The minimum Gasteiger partial charge on any atom is -0.481 e. The Morgan fingerprint density at radius 2 is 1.70 bits per heavy atom. The van der Waals surface area contributed by atoms with Gasteiger partial charge in [-0.2, -0.15) is 0 Å². The second-order valence-corrected chi connectivity index (χ2v) is 7.20. The molecule has 0 spiro atoms. The van der Waals surface area contributed by atoms with Crippen molar-refractivity contribution >= 4 is 11.8 Å². The lowest BCUT2D eigenvalue weighted by atomic mass is 9.64. The van der Waals surface area contributed by atoms with Gasteiger partial charge in [0.1, 0.15) is 5.75 Å². The highest BCUT2D eigenvalue weighted by Gasteiger charge is 2.45. The maximum atomic E-state index is 12.8. The molecule has 2 aromatic rings. The van der Waals surface area contributed by atoms with E-state index in [2.05, 4.69) is 10.9 Å². The normalized spacial score (nSPS) is 16.0. The predicted octanol–water partition coefficient (Wildman–Crippen LogP) is 3.34. The summed E-state index contributed by atoms with van der Waals surface area (Å²) in [4.78, 5) is 25.1. The Kier molecular flexibility index (Phi) is 5.49. The van der Waals surface area contributed by atoms with E-state index in [0.29, 0.717) is 5.75 Å². The van der Waals surface area contributed by atoms with Gasteiger partial charge in [-0.1, -0.05) is 48.9 Å². The van der Waals surface area contributed by atoms with Crippen LogP contribution in [0.2, 0.25) is 0 Å². The lowest BCUT2D eigenvalue weighted by molar-refractivity contribution is -0.137. The third-order valence-corrected chi connectivity index (χ3v) is 5.50. The van der Waals surface area contributed by atoms with Gasteiger partial charge in [-0.3, -0.25) is 20.4 Å². The van der Waals surface area contributed by atoms with Crippen molar-refractivity contribution in [3.8, 4) is 5.75 Å². The van der Waals surface area contributed by atoms with Gasteiger partial charge in [0.25, 0.3) is 5.91 Å². The molecule has 1 atom stereocenters. The van der Waals surface area contributed by atoms with Gasteiger partial charge in [-0.15, -0.1) is 0 Å². The summed E-state index contributed by atoms with van der Waals surface area (Å²) in [5.74, 6) is 0.114. The molecule has 142 valence electrons. The number of hydrogen-bond acceptors (Lipinski definition) is 3. The van der Waals surface area contributed by atoms with Gasteiger partial charge in [-0.25, -0.2) is 0 Å². The largest absolute Gasteiger partial charge is 0.481 e. The molecule has 1 fully saturated rings.